The first-order chi connectivity index (χ1) is 11.9. The van der Waals surface area contributed by atoms with E-state index in [0.29, 0.717) is 0 Å². The first-order valence-corrected chi connectivity index (χ1v) is 7.77. The number of aliphatic hydroxyl groups excluding tert-OH is 2. The van der Waals surface area contributed by atoms with Gasteiger partial charge in [-0.25, -0.2) is 9.59 Å². The van der Waals surface area contributed by atoms with Gasteiger partial charge in [0, 0.05) is 12.6 Å². The highest BCUT2D eigenvalue weighted by Crippen LogP contribution is 2.26. The molecule has 0 radical (unpaired) electrons. The van der Waals surface area contributed by atoms with Crippen LogP contribution in [0.3, 0.4) is 0 Å². The molecule has 144 valence electrons. The maximum Gasteiger partial charge on any atom is 0.407 e. The second-order valence-electron chi connectivity index (χ2n) is 6.57. The third kappa shape index (κ3) is 6.30. The minimum absolute atomic E-state index is 0.00586. The highest BCUT2D eigenvalue weighted by molar-refractivity contribution is 5.92. The number of rotatable bonds is 7. The van der Waals surface area contributed by atoms with Crippen LogP contribution in [0, 0.1) is 10.1 Å². The summed E-state index contributed by atoms with van der Waals surface area (Å²) in [5, 5.41) is 42.4. The van der Waals surface area contributed by atoms with Crippen molar-refractivity contribution in [2.24, 2.45) is 0 Å². The first kappa shape index (κ1) is 21.3. The molecule has 0 aliphatic rings. The number of nitrogens with one attached hydrogen (secondary N) is 1. The van der Waals surface area contributed by atoms with E-state index in [-0.39, 0.29) is 18.5 Å². The lowest BCUT2D eigenvalue weighted by molar-refractivity contribution is -0.385. The topological polar surface area (TPSA) is 159 Å². The predicted octanol–water partition coefficient (Wildman–Crippen LogP) is 1.60. The molecular formula is C16H22N2O8. The number of hydrogen-bond donors (Lipinski definition) is 4. The summed E-state index contributed by atoms with van der Waals surface area (Å²) < 4.78 is 5.02. The van der Waals surface area contributed by atoms with Crippen LogP contribution in [0.15, 0.2) is 18.2 Å². The Labute approximate surface area is 149 Å². The lowest BCUT2D eigenvalue weighted by Crippen LogP contribution is -2.34. The molecule has 0 aromatic heterocycles. The minimum atomic E-state index is -1.52. The Kier molecular flexibility index (Phi) is 7.04. The van der Waals surface area contributed by atoms with Gasteiger partial charge in [-0.05, 0) is 44.9 Å². The highest BCUT2D eigenvalue weighted by atomic mass is 16.6. The van der Waals surface area contributed by atoms with Crippen molar-refractivity contribution >= 4 is 17.7 Å². The molecule has 0 aliphatic carbocycles. The summed E-state index contributed by atoms with van der Waals surface area (Å²) in [5.41, 5.74) is -1.87. The molecule has 0 spiro atoms. The van der Waals surface area contributed by atoms with Crippen LogP contribution in [0.2, 0.25) is 0 Å². The number of aromatic carboxylic acids is 1. The molecule has 10 heteroatoms. The zero-order valence-corrected chi connectivity index (χ0v) is 14.6. The number of benzene rings is 1. The number of nitrogens with zero attached hydrogens (tertiary/aromatic N) is 1. The minimum Gasteiger partial charge on any atom is -0.477 e. The van der Waals surface area contributed by atoms with E-state index in [9.17, 15) is 29.9 Å². The largest absolute Gasteiger partial charge is 0.477 e. The summed E-state index contributed by atoms with van der Waals surface area (Å²) in [6, 6.07) is 3.06. The second-order valence-corrected chi connectivity index (χ2v) is 6.57. The number of ether oxygens (including phenoxy) is 1. The SMILES string of the molecule is CC(C)(C)OC(=O)NCCC(O)C(O)c1ccc([N+](=O)[O-])c(C(=O)O)c1. The molecular weight excluding hydrogens is 348 g/mol. The van der Waals surface area contributed by atoms with E-state index in [2.05, 4.69) is 5.32 Å². The van der Waals surface area contributed by atoms with Crippen LogP contribution in [0.1, 0.15) is 49.2 Å². The molecule has 0 saturated heterocycles. The maximum absolute atomic E-state index is 11.5. The summed E-state index contributed by atoms with van der Waals surface area (Å²) in [4.78, 5) is 32.6. The van der Waals surface area contributed by atoms with Gasteiger partial charge in [0.25, 0.3) is 5.69 Å². The van der Waals surface area contributed by atoms with Gasteiger partial charge in [0.15, 0.2) is 0 Å². The van der Waals surface area contributed by atoms with E-state index in [4.69, 9.17) is 9.84 Å². The van der Waals surface area contributed by atoms with Crippen LogP contribution < -0.4 is 5.32 Å². The summed E-state index contributed by atoms with van der Waals surface area (Å²) in [7, 11) is 0. The van der Waals surface area contributed by atoms with Crippen LogP contribution in [-0.2, 0) is 4.74 Å². The van der Waals surface area contributed by atoms with Gasteiger partial charge in [-0.1, -0.05) is 0 Å². The standard InChI is InChI=1S/C16H22N2O8/c1-16(2,3)26-15(23)17-7-6-12(19)13(20)9-4-5-11(18(24)25)10(8-9)14(21)22/h4-5,8,12-13,19-20H,6-7H2,1-3H3,(H,17,23)(H,21,22). The van der Waals surface area contributed by atoms with Crippen molar-refractivity contribution in [1.82, 2.24) is 5.32 Å². The van der Waals surface area contributed by atoms with Crippen molar-refractivity contribution < 1.29 is 34.6 Å². The average Bonchev–Trinajstić information content (AvgIpc) is 2.51. The molecule has 1 rings (SSSR count). The summed E-state index contributed by atoms with van der Waals surface area (Å²) in [6.45, 7) is 5.09. The smallest absolute Gasteiger partial charge is 0.407 e. The molecule has 10 nitrogen and oxygen atoms in total. The Morgan fingerprint density at radius 1 is 1.31 bits per heavy atom. The molecule has 0 fully saturated rings. The third-order valence-electron chi connectivity index (χ3n) is 3.26. The van der Waals surface area contributed by atoms with Gasteiger partial charge in [-0.15, -0.1) is 0 Å². The second kappa shape index (κ2) is 8.59. The van der Waals surface area contributed by atoms with Crippen molar-refractivity contribution in [1.29, 1.82) is 0 Å². The molecule has 1 aromatic carbocycles. The summed E-state index contributed by atoms with van der Waals surface area (Å²) in [6.07, 6.45) is -3.52. The van der Waals surface area contributed by atoms with Crippen molar-refractivity contribution in [2.75, 3.05) is 6.54 Å². The van der Waals surface area contributed by atoms with Crippen molar-refractivity contribution in [3.05, 3.63) is 39.4 Å². The average molecular weight is 370 g/mol. The summed E-state index contributed by atoms with van der Waals surface area (Å²) >= 11 is 0. The van der Waals surface area contributed by atoms with Crippen molar-refractivity contribution in [2.45, 2.75) is 45.0 Å². The third-order valence-corrected chi connectivity index (χ3v) is 3.26. The number of carbonyl (C=O) groups is 2. The fourth-order valence-electron chi connectivity index (χ4n) is 2.08. The van der Waals surface area contributed by atoms with Gasteiger partial charge in [0.05, 0.1) is 11.0 Å². The Morgan fingerprint density at radius 2 is 1.92 bits per heavy atom. The number of hydrogen-bond acceptors (Lipinski definition) is 7. The zero-order chi connectivity index (χ0) is 20.1. The fourth-order valence-corrected chi connectivity index (χ4v) is 2.08. The number of carbonyl (C=O) groups excluding carboxylic acids is 1. The van der Waals surface area contributed by atoms with E-state index in [1.807, 2.05) is 0 Å². The molecule has 26 heavy (non-hydrogen) atoms. The molecule has 1 aromatic rings. The monoisotopic (exact) mass is 370 g/mol. The van der Waals surface area contributed by atoms with Crippen LogP contribution in [-0.4, -0.2) is 50.6 Å². The van der Waals surface area contributed by atoms with Gasteiger partial charge in [0.2, 0.25) is 0 Å². The van der Waals surface area contributed by atoms with Crippen LogP contribution in [0.25, 0.3) is 0 Å². The Morgan fingerprint density at radius 3 is 2.42 bits per heavy atom. The number of nitro benzene ring substituents is 1. The van der Waals surface area contributed by atoms with E-state index in [1.54, 1.807) is 20.8 Å². The molecule has 1 amide bonds. The lowest BCUT2D eigenvalue weighted by atomic mass is 9.99. The number of aliphatic hydroxyl groups is 2. The van der Waals surface area contributed by atoms with E-state index >= 15 is 0 Å². The van der Waals surface area contributed by atoms with Gasteiger partial charge >= 0.3 is 12.1 Å². The molecule has 0 heterocycles. The van der Waals surface area contributed by atoms with Crippen LogP contribution in [0.5, 0.6) is 0 Å². The Bertz CT molecular complexity index is 683. The number of alkyl carbamates (subject to hydrolysis) is 1. The molecule has 0 aliphatic heterocycles. The quantitative estimate of drug-likeness (QED) is 0.416. The first-order valence-electron chi connectivity index (χ1n) is 7.77. The molecule has 4 N–H and O–H groups in total. The van der Waals surface area contributed by atoms with Crippen molar-refractivity contribution in [3.8, 4) is 0 Å². The van der Waals surface area contributed by atoms with E-state index in [0.717, 1.165) is 12.1 Å². The molecule has 2 atom stereocenters. The van der Waals surface area contributed by atoms with E-state index < -0.39 is 46.0 Å². The highest BCUT2D eigenvalue weighted by Gasteiger charge is 2.25. The summed E-state index contributed by atoms with van der Waals surface area (Å²) in [5.74, 6) is -1.52. The molecule has 2 unspecified atom stereocenters. The zero-order valence-electron chi connectivity index (χ0n) is 14.6. The van der Waals surface area contributed by atoms with E-state index in [1.165, 1.54) is 6.07 Å². The molecule has 0 saturated carbocycles. The number of nitro groups is 1. The maximum atomic E-state index is 11.5. The van der Waals surface area contributed by atoms with Crippen LogP contribution in [0.4, 0.5) is 10.5 Å². The number of amides is 1. The predicted molar refractivity (Wildman–Crippen MR) is 89.9 cm³/mol. The van der Waals surface area contributed by atoms with Gasteiger partial charge < -0.3 is 25.4 Å². The fraction of sp³-hybridized carbons (Fsp3) is 0.500. The Balaban J connectivity index is 2.72. The van der Waals surface area contributed by atoms with Gasteiger partial charge in [-0.2, -0.15) is 0 Å². The Hall–Kier alpha value is -2.72. The molecule has 0 bridgehead atoms. The van der Waals surface area contributed by atoms with Gasteiger partial charge in [-0.3, -0.25) is 10.1 Å². The number of carboxylic acid groups (broad SMARTS) is 1. The van der Waals surface area contributed by atoms with Crippen molar-refractivity contribution in [3.63, 3.8) is 0 Å². The number of carboxylic acids is 1. The normalized spacial score (nSPS) is 13.6. The lowest BCUT2D eigenvalue weighted by Gasteiger charge is -2.21. The van der Waals surface area contributed by atoms with Gasteiger partial charge in [0.1, 0.15) is 17.3 Å². The van der Waals surface area contributed by atoms with Crippen LogP contribution >= 0.6 is 0 Å².